The Morgan fingerprint density at radius 2 is 2.44 bits per heavy atom. The smallest absolute Gasteiger partial charge is 0.265 e. The Hall–Kier alpha value is -0.610. The number of carbonyl (C=O) groups excluding carboxylic acids is 1. The van der Waals surface area contributed by atoms with Crippen molar-refractivity contribution in [1.82, 2.24) is 9.88 Å². The van der Waals surface area contributed by atoms with E-state index in [1.807, 2.05) is 11.8 Å². The Kier molecular flexibility index (Phi) is 3.82. The van der Waals surface area contributed by atoms with Gasteiger partial charge >= 0.3 is 0 Å². The number of hydrogen-bond donors (Lipinski definition) is 0. The van der Waals surface area contributed by atoms with Crippen LogP contribution in [0.2, 0.25) is 0 Å². The van der Waals surface area contributed by atoms with Gasteiger partial charge in [-0.25, -0.2) is 4.98 Å². The largest absolute Gasteiger partial charge is 0.334 e. The van der Waals surface area contributed by atoms with Gasteiger partial charge in [-0.2, -0.15) is 0 Å². The minimum atomic E-state index is 0.0935. The van der Waals surface area contributed by atoms with Gasteiger partial charge in [0.1, 0.15) is 4.88 Å². The van der Waals surface area contributed by atoms with Gasteiger partial charge in [0.15, 0.2) is 0 Å². The van der Waals surface area contributed by atoms with Crippen molar-refractivity contribution in [3.8, 4) is 0 Å². The molecule has 1 aromatic heterocycles. The van der Waals surface area contributed by atoms with Crippen LogP contribution < -0.4 is 0 Å². The number of aromatic nitrogens is 1. The number of halogens is 1. The van der Waals surface area contributed by atoms with Crippen molar-refractivity contribution in [2.75, 3.05) is 12.4 Å². The summed E-state index contributed by atoms with van der Waals surface area (Å²) >= 11 is 7.21. The Balaban J connectivity index is 2.09. The van der Waals surface area contributed by atoms with Crippen LogP contribution >= 0.6 is 22.9 Å². The third kappa shape index (κ3) is 2.38. The zero-order chi connectivity index (χ0) is 11.5. The molecule has 0 unspecified atom stereocenters. The van der Waals surface area contributed by atoms with E-state index in [1.54, 1.807) is 6.20 Å². The molecule has 1 aliphatic rings. The van der Waals surface area contributed by atoms with Gasteiger partial charge < -0.3 is 4.90 Å². The SMILES string of the molecule is Cc1ncc(C(=O)N(CCCl)C2CCC2)s1. The van der Waals surface area contributed by atoms with E-state index < -0.39 is 0 Å². The van der Waals surface area contributed by atoms with E-state index in [9.17, 15) is 4.79 Å². The first-order chi connectivity index (χ1) is 7.72. The van der Waals surface area contributed by atoms with Crippen LogP contribution in [0.3, 0.4) is 0 Å². The summed E-state index contributed by atoms with van der Waals surface area (Å²) in [5.74, 6) is 0.593. The number of alkyl halides is 1. The van der Waals surface area contributed by atoms with Crippen molar-refractivity contribution in [2.24, 2.45) is 0 Å². The molecule has 0 atom stereocenters. The molecule has 2 rings (SSSR count). The molecule has 1 aliphatic carbocycles. The van der Waals surface area contributed by atoms with Crippen molar-refractivity contribution in [3.05, 3.63) is 16.1 Å². The van der Waals surface area contributed by atoms with Gasteiger partial charge in [-0.05, 0) is 26.2 Å². The number of amides is 1. The van der Waals surface area contributed by atoms with Crippen LogP contribution in [0.15, 0.2) is 6.20 Å². The summed E-state index contributed by atoms with van der Waals surface area (Å²) in [6, 6.07) is 0.397. The van der Waals surface area contributed by atoms with Crippen molar-refractivity contribution in [2.45, 2.75) is 32.2 Å². The fourth-order valence-corrected chi connectivity index (χ4v) is 2.76. The average Bonchev–Trinajstić information content (AvgIpc) is 2.60. The predicted octanol–water partition coefficient (Wildman–Crippen LogP) is 2.69. The van der Waals surface area contributed by atoms with Crippen LogP contribution in [0.25, 0.3) is 0 Å². The van der Waals surface area contributed by atoms with Gasteiger partial charge in [0, 0.05) is 18.5 Å². The molecule has 16 heavy (non-hydrogen) atoms. The van der Waals surface area contributed by atoms with Gasteiger partial charge in [0.2, 0.25) is 0 Å². The summed E-state index contributed by atoms with van der Waals surface area (Å²) < 4.78 is 0. The highest BCUT2D eigenvalue weighted by molar-refractivity contribution is 7.13. The van der Waals surface area contributed by atoms with Crippen LogP contribution in [-0.2, 0) is 0 Å². The molecule has 1 saturated carbocycles. The van der Waals surface area contributed by atoms with E-state index in [4.69, 9.17) is 11.6 Å². The maximum atomic E-state index is 12.2. The third-order valence-corrected chi connectivity index (χ3v) is 4.00. The fraction of sp³-hybridized carbons (Fsp3) is 0.636. The second-order valence-electron chi connectivity index (χ2n) is 4.02. The zero-order valence-electron chi connectivity index (χ0n) is 9.28. The predicted molar refractivity (Wildman–Crippen MR) is 66.2 cm³/mol. The van der Waals surface area contributed by atoms with Crippen LogP contribution in [0, 0.1) is 6.92 Å². The van der Waals surface area contributed by atoms with E-state index in [-0.39, 0.29) is 5.91 Å². The highest BCUT2D eigenvalue weighted by atomic mass is 35.5. The number of carbonyl (C=O) groups is 1. The van der Waals surface area contributed by atoms with Crippen LogP contribution in [-0.4, -0.2) is 34.3 Å². The molecule has 1 heterocycles. The van der Waals surface area contributed by atoms with Gasteiger partial charge in [0.05, 0.1) is 11.2 Å². The first-order valence-corrected chi connectivity index (χ1v) is 6.87. The molecule has 0 N–H and O–H groups in total. The van der Waals surface area contributed by atoms with E-state index in [0.717, 1.165) is 22.7 Å². The highest BCUT2D eigenvalue weighted by Crippen LogP contribution is 2.27. The molecule has 0 bridgehead atoms. The summed E-state index contributed by atoms with van der Waals surface area (Å²) in [6.07, 6.45) is 5.11. The van der Waals surface area contributed by atoms with Gasteiger partial charge in [-0.1, -0.05) is 0 Å². The topological polar surface area (TPSA) is 33.2 Å². The maximum Gasteiger partial charge on any atom is 0.265 e. The van der Waals surface area contributed by atoms with Crippen molar-refractivity contribution in [3.63, 3.8) is 0 Å². The second-order valence-corrected chi connectivity index (χ2v) is 5.63. The van der Waals surface area contributed by atoms with E-state index in [1.165, 1.54) is 17.8 Å². The second kappa shape index (κ2) is 5.15. The van der Waals surface area contributed by atoms with Crippen molar-refractivity contribution in [1.29, 1.82) is 0 Å². The first-order valence-electron chi connectivity index (χ1n) is 5.51. The Labute approximate surface area is 104 Å². The fourth-order valence-electron chi connectivity index (χ4n) is 1.84. The minimum Gasteiger partial charge on any atom is -0.334 e. The Bertz CT molecular complexity index is 376. The molecule has 88 valence electrons. The molecule has 5 heteroatoms. The average molecular weight is 259 g/mol. The summed E-state index contributed by atoms with van der Waals surface area (Å²) in [5.41, 5.74) is 0. The molecule has 0 saturated heterocycles. The minimum absolute atomic E-state index is 0.0935. The standard InChI is InChI=1S/C11H15ClN2OS/c1-8-13-7-10(16-8)11(15)14(6-5-12)9-3-2-4-9/h7,9H,2-6H2,1H3. The third-order valence-electron chi connectivity index (χ3n) is 2.93. The van der Waals surface area contributed by atoms with Crippen LogP contribution in [0.5, 0.6) is 0 Å². The van der Waals surface area contributed by atoms with Gasteiger partial charge in [-0.3, -0.25) is 4.79 Å². The van der Waals surface area contributed by atoms with Gasteiger partial charge in [-0.15, -0.1) is 22.9 Å². The lowest BCUT2D eigenvalue weighted by atomic mass is 9.91. The molecule has 1 amide bonds. The summed E-state index contributed by atoms with van der Waals surface area (Å²) in [5, 5.41) is 0.933. The molecule has 1 fully saturated rings. The monoisotopic (exact) mass is 258 g/mol. The maximum absolute atomic E-state index is 12.2. The Morgan fingerprint density at radius 3 is 2.88 bits per heavy atom. The number of aryl methyl sites for hydroxylation is 1. The zero-order valence-corrected chi connectivity index (χ0v) is 10.9. The number of hydrogen-bond acceptors (Lipinski definition) is 3. The van der Waals surface area contributed by atoms with Gasteiger partial charge in [0.25, 0.3) is 5.91 Å². The summed E-state index contributed by atoms with van der Waals surface area (Å²) in [4.78, 5) is 19.0. The number of rotatable bonds is 4. The molecular formula is C11H15ClN2OS. The van der Waals surface area contributed by atoms with E-state index in [0.29, 0.717) is 18.5 Å². The van der Waals surface area contributed by atoms with Crippen molar-refractivity contribution >= 4 is 28.8 Å². The number of nitrogens with zero attached hydrogens (tertiary/aromatic N) is 2. The highest BCUT2D eigenvalue weighted by Gasteiger charge is 2.29. The molecular weight excluding hydrogens is 244 g/mol. The van der Waals surface area contributed by atoms with E-state index >= 15 is 0 Å². The molecule has 0 aromatic carbocycles. The quantitative estimate of drug-likeness (QED) is 0.778. The number of thiazole rings is 1. The van der Waals surface area contributed by atoms with Crippen LogP contribution in [0.1, 0.15) is 33.9 Å². The normalized spacial score (nSPS) is 15.9. The molecule has 0 radical (unpaired) electrons. The summed E-state index contributed by atoms with van der Waals surface area (Å²) in [6.45, 7) is 2.55. The molecule has 3 nitrogen and oxygen atoms in total. The summed E-state index contributed by atoms with van der Waals surface area (Å²) in [7, 11) is 0. The van der Waals surface area contributed by atoms with E-state index in [2.05, 4.69) is 4.98 Å². The first kappa shape index (κ1) is 11.9. The lowest BCUT2D eigenvalue weighted by Gasteiger charge is -2.36. The molecule has 0 aliphatic heterocycles. The Morgan fingerprint density at radius 1 is 1.69 bits per heavy atom. The molecule has 0 spiro atoms. The van der Waals surface area contributed by atoms with Crippen LogP contribution in [0.4, 0.5) is 0 Å². The van der Waals surface area contributed by atoms with Crippen molar-refractivity contribution < 1.29 is 4.79 Å². The lowest BCUT2D eigenvalue weighted by molar-refractivity contribution is 0.0602. The lowest BCUT2D eigenvalue weighted by Crippen LogP contribution is -2.45. The molecule has 1 aromatic rings.